The lowest BCUT2D eigenvalue weighted by Gasteiger charge is -2.41. The summed E-state index contributed by atoms with van der Waals surface area (Å²) in [5.74, 6) is -0.0931. The molecule has 34 heavy (non-hydrogen) atoms. The van der Waals surface area contributed by atoms with Crippen LogP contribution < -0.4 is 4.90 Å². The van der Waals surface area contributed by atoms with Crippen molar-refractivity contribution in [2.75, 3.05) is 18.1 Å². The molecule has 1 heterocycles. The normalized spacial score (nSPS) is 22.1. The van der Waals surface area contributed by atoms with Crippen molar-refractivity contribution in [2.24, 2.45) is 5.92 Å². The molecule has 184 valence electrons. The minimum atomic E-state index is -0.860. The number of nitriles is 1. The third-order valence-electron chi connectivity index (χ3n) is 6.88. The molecule has 1 aliphatic carbocycles. The summed E-state index contributed by atoms with van der Waals surface area (Å²) >= 11 is 12.4. The smallest absolute Gasteiger partial charge is 0.310 e. The van der Waals surface area contributed by atoms with Crippen LogP contribution in [0.1, 0.15) is 70.4 Å². The minimum Gasteiger partial charge on any atom is -0.466 e. The van der Waals surface area contributed by atoms with E-state index in [4.69, 9.17) is 33.7 Å². The predicted octanol–water partition coefficient (Wildman–Crippen LogP) is 4.36. The van der Waals surface area contributed by atoms with Crippen molar-refractivity contribution in [3.8, 4) is 6.07 Å². The third-order valence-corrected chi connectivity index (χ3v) is 7.70. The zero-order valence-corrected chi connectivity index (χ0v) is 21.5. The average molecular weight is 506 g/mol. The summed E-state index contributed by atoms with van der Waals surface area (Å²) in [6.45, 7) is 5.89. The molecule has 0 unspecified atom stereocenters. The second-order valence-electron chi connectivity index (χ2n) is 9.41. The van der Waals surface area contributed by atoms with Gasteiger partial charge >= 0.3 is 5.97 Å². The Morgan fingerprint density at radius 1 is 1.32 bits per heavy atom. The molecule has 2 aliphatic rings. The Labute approximate surface area is 211 Å². The molecule has 3 rings (SSSR count). The molecule has 0 bridgehead atoms. The first kappa shape index (κ1) is 26.4. The number of rotatable bonds is 8. The molecule has 2 fully saturated rings. The van der Waals surface area contributed by atoms with E-state index in [1.165, 1.54) is 4.90 Å². The number of benzene rings is 1. The van der Waals surface area contributed by atoms with Crippen LogP contribution in [0.4, 0.5) is 5.69 Å². The summed E-state index contributed by atoms with van der Waals surface area (Å²) in [5, 5.41) is 19.1. The number of carbonyl (C=O) groups excluding carboxylic acids is 2. The number of aliphatic hydroxyl groups excluding tert-OH is 1. The van der Waals surface area contributed by atoms with Crippen LogP contribution in [0.15, 0.2) is 12.1 Å². The van der Waals surface area contributed by atoms with Crippen LogP contribution in [0.3, 0.4) is 0 Å². The fourth-order valence-corrected chi connectivity index (χ4v) is 5.97. The first-order chi connectivity index (χ1) is 16.2. The van der Waals surface area contributed by atoms with E-state index in [-0.39, 0.29) is 42.2 Å². The zero-order chi connectivity index (χ0) is 25.0. The topological polar surface area (TPSA) is 93.9 Å². The van der Waals surface area contributed by atoms with E-state index in [2.05, 4.69) is 0 Å². The highest BCUT2D eigenvalue weighted by atomic mass is 35.5. The SMILES string of the molecule is CCOC(=O)Cc1c(N2C(=O)C(C)(C)N(C3CCC(CCCO)CC3)C2=S)ccc(C#N)c1Cl. The van der Waals surface area contributed by atoms with Crippen LogP contribution in [0.5, 0.6) is 0 Å². The van der Waals surface area contributed by atoms with Gasteiger partial charge in [-0.1, -0.05) is 11.6 Å². The fourth-order valence-electron chi connectivity index (χ4n) is 5.14. The van der Waals surface area contributed by atoms with Crippen molar-refractivity contribution in [3.05, 3.63) is 28.3 Å². The number of carbonyl (C=O) groups is 2. The van der Waals surface area contributed by atoms with Gasteiger partial charge in [0.25, 0.3) is 5.91 Å². The Kier molecular flexibility index (Phi) is 8.56. The van der Waals surface area contributed by atoms with Gasteiger partial charge in [0.2, 0.25) is 0 Å². The molecule has 1 aliphatic heterocycles. The molecule has 7 nitrogen and oxygen atoms in total. The first-order valence-electron chi connectivity index (χ1n) is 11.8. The Bertz CT molecular complexity index is 999. The largest absolute Gasteiger partial charge is 0.466 e. The van der Waals surface area contributed by atoms with Crippen molar-refractivity contribution >= 4 is 46.5 Å². The van der Waals surface area contributed by atoms with Gasteiger partial charge in [-0.15, -0.1) is 0 Å². The summed E-state index contributed by atoms with van der Waals surface area (Å²) in [4.78, 5) is 29.5. The number of aliphatic hydroxyl groups is 1. The van der Waals surface area contributed by atoms with E-state index in [1.807, 2.05) is 24.8 Å². The summed E-state index contributed by atoms with van der Waals surface area (Å²) < 4.78 is 5.10. The highest BCUT2D eigenvalue weighted by molar-refractivity contribution is 7.80. The summed E-state index contributed by atoms with van der Waals surface area (Å²) in [5.41, 5.74) is 0.139. The Hall–Kier alpha value is -2.21. The molecule has 0 spiro atoms. The highest BCUT2D eigenvalue weighted by Crippen LogP contribution is 2.42. The molecule has 0 aromatic heterocycles. The predicted molar refractivity (Wildman–Crippen MR) is 135 cm³/mol. The minimum absolute atomic E-state index is 0.129. The van der Waals surface area contributed by atoms with E-state index in [0.717, 1.165) is 38.5 Å². The van der Waals surface area contributed by atoms with Crippen LogP contribution in [0.25, 0.3) is 0 Å². The molecule has 1 aromatic rings. The van der Waals surface area contributed by atoms with E-state index in [9.17, 15) is 14.9 Å². The molecular weight excluding hydrogens is 474 g/mol. The lowest BCUT2D eigenvalue weighted by molar-refractivity contribution is -0.142. The van der Waals surface area contributed by atoms with Gasteiger partial charge in [0, 0.05) is 18.2 Å². The summed E-state index contributed by atoms with van der Waals surface area (Å²) in [6.07, 6.45) is 5.58. The van der Waals surface area contributed by atoms with Crippen LogP contribution in [0.2, 0.25) is 5.02 Å². The van der Waals surface area contributed by atoms with Crippen molar-refractivity contribution in [2.45, 2.75) is 77.3 Å². The number of esters is 1. The fraction of sp³-hybridized carbons (Fsp3) is 0.600. The van der Waals surface area contributed by atoms with Gasteiger partial charge in [-0.2, -0.15) is 5.26 Å². The van der Waals surface area contributed by atoms with Gasteiger partial charge in [0.05, 0.1) is 29.3 Å². The Morgan fingerprint density at radius 3 is 2.59 bits per heavy atom. The number of halogens is 1. The molecule has 1 aromatic carbocycles. The molecule has 1 amide bonds. The lowest BCUT2D eigenvalue weighted by atomic mass is 9.82. The van der Waals surface area contributed by atoms with Crippen molar-refractivity contribution in [1.82, 2.24) is 4.90 Å². The van der Waals surface area contributed by atoms with Crippen LogP contribution in [-0.2, 0) is 20.7 Å². The average Bonchev–Trinajstić information content (AvgIpc) is 2.98. The van der Waals surface area contributed by atoms with E-state index in [0.29, 0.717) is 22.3 Å². The molecule has 1 N–H and O–H groups in total. The first-order valence-corrected chi connectivity index (χ1v) is 12.6. The van der Waals surface area contributed by atoms with E-state index >= 15 is 0 Å². The zero-order valence-electron chi connectivity index (χ0n) is 20.0. The van der Waals surface area contributed by atoms with Crippen LogP contribution in [-0.4, -0.2) is 51.8 Å². The molecule has 1 saturated heterocycles. The second-order valence-corrected chi connectivity index (χ2v) is 10.2. The molecule has 0 radical (unpaired) electrons. The number of hydrogen-bond donors (Lipinski definition) is 1. The lowest BCUT2D eigenvalue weighted by Crippen LogP contribution is -2.51. The van der Waals surface area contributed by atoms with Crippen molar-refractivity contribution in [1.29, 1.82) is 5.26 Å². The highest BCUT2D eigenvalue weighted by Gasteiger charge is 2.52. The van der Waals surface area contributed by atoms with Crippen LogP contribution >= 0.6 is 23.8 Å². The second kappa shape index (κ2) is 11.0. The Balaban J connectivity index is 1.93. The van der Waals surface area contributed by atoms with Gasteiger partial charge in [0.1, 0.15) is 11.6 Å². The Morgan fingerprint density at radius 2 is 2.00 bits per heavy atom. The maximum absolute atomic E-state index is 13.7. The standard InChI is InChI=1S/C25H32ClN3O4S/c1-4-33-21(31)14-19-20(12-9-17(15-27)22(19)26)28-23(32)25(2,3)29(24(28)34)18-10-7-16(8-11-18)6-5-13-30/h9,12,16,18,30H,4-8,10-11,13-14H2,1-3H3. The molecule has 9 heteroatoms. The van der Waals surface area contributed by atoms with E-state index in [1.54, 1.807) is 19.1 Å². The van der Waals surface area contributed by atoms with Gasteiger partial charge in [0.15, 0.2) is 5.11 Å². The van der Waals surface area contributed by atoms with Gasteiger partial charge in [-0.25, -0.2) is 0 Å². The number of anilines is 1. The maximum atomic E-state index is 13.7. The van der Waals surface area contributed by atoms with E-state index < -0.39 is 11.5 Å². The van der Waals surface area contributed by atoms with Gasteiger partial charge < -0.3 is 14.7 Å². The number of amides is 1. The van der Waals surface area contributed by atoms with Crippen LogP contribution in [0, 0.1) is 17.2 Å². The quantitative estimate of drug-likeness (QED) is 0.414. The maximum Gasteiger partial charge on any atom is 0.310 e. The number of nitrogens with zero attached hydrogens (tertiary/aromatic N) is 3. The monoisotopic (exact) mass is 505 g/mol. The molecule has 0 atom stereocenters. The number of ether oxygens (including phenoxy) is 1. The van der Waals surface area contributed by atoms with Gasteiger partial charge in [-0.3, -0.25) is 14.5 Å². The number of thiocarbonyl (C=S) groups is 1. The molecular formula is C25H32ClN3O4S. The number of hydrogen-bond acceptors (Lipinski definition) is 6. The molecule has 1 saturated carbocycles. The van der Waals surface area contributed by atoms with Gasteiger partial charge in [-0.05, 0) is 89.6 Å². The summed E-state index contributed by atoms with van der Waals surface area (Å²) in [6, 6.07) is 5.34. The van der Waals surface area contributed by atoms with Crippen molar-refractivity contribution in [3.63, 3.8) is 0 Å². The van der Waals surface area contributed by atoms with Crippen molar-refractivity contribution < 1.29 is 19.4 Å². The summed E-state index contributed by atoms with van der Waals surface area (Å²) in [7, 11) is 0. The third kappa shape index (κ3) is 5.07.